The third-order valence-electron chi connectivity index (χ3n) is 6.59. The Morgan fingerprint density at radius 1 is 0.800 bits per heavy atom. The molecule has 0 saturated carbocycles. The van der Waals surface area contributed by atoms with Gasteiger partial charge in [-0.2, -0.15) is 0 Å². The first-order chi connectivity index (χ1) is 19.1. The van der Waals surface area contributed by atoms with Gasteiger partial charge in [0.2, 0.25) is 33.7 Å². The molecule has 4 amide bonds. The Bertz CT molecular complexity index is 1480. The third kappa shape index (κ3) is 7.54. The van der Waals surface area contributed by atoms with Gasteiger partial charge in [-0.05, 0) is 22.3 Å². The number of nitrogens with one attached hydrogen (secondary N) is 3. The molecule has 1 fully saturated rings. The second-order valence-corrected chi connectivity index (χ2v) is 11.5. The van der Waals surface area contributed by atoms with Crippen molar-refractivity contribution < 1.29 is 27.6 Å². The van der Waals surface area contributed by atoms with Gasteiger partial charge in [-0.15, -0.1) is 0 Å². The number of hydrogen-bond donors (Lipinski definition) is 4. The van der Waals surface area contributed by atoms with Crippen LogP contribution in [0.3, 0.4) is 0 Å². The molecule has 5 N–H and O–H groups in total. The fourth-order valence-corrected chi connectivity index (χ4v) is 5.96. The molecule has 1 unspecified atom stereocenters. The lowest BCUT2D eigenvalue weighted by Crippen LogP contribution is -2.54. The number of sulfonamides is 1. The smallest absolute Gasteiger partial charge is 0.243 e. The summed E-state index contributed by atoms with van der Waals surface area (Å²) in [7, 11) is -3.79. The fraction of sp³-hybridized carbons (Fsp3) is 0.241. The Hall–Kier alpha value is -4.51. The topological polar surface area (TPSA) is 165 Å². The monoisotopic (exact) mass is 562 g/mol. The highest BCUT2D eigenvalue weighted by atomic mass is 32.2. The summed E-state index contributed by atoms with van der Waals surface area (Å²) in [5.74, 6) is -2.23. The van der Waals surface area contributed by atoms with Crippen molar-refractivity contribution >= 4 is 33.7 Å². The molecule has 1 saturated heterocycles. The zero-order valence-electron chi connectivity index (χ0n) is 21.6. The van der Waals surface area contributed by atoms with Crippen molar-refractivity contribution in [1.82, 2.24) is 15.4 Å². The van der Waals surface area contributed by atoms with Gasteiger partial charge < -0.3 is 16.4 Å². The minimum Gasteiger partial charge on any atom is -0.368 e. The van der Waals surface area contributed by atoms with E-state index in [1.807, 2.05) is 65.4 Å². The molecule has 4 rings (SSSR count). The van der Waals surface area contributed by atoms with E-state index < -0.39 is 45.1 Å². The van der Waals surface area contributed by atoms with Crippen molar-refractivity contribution in [2.24, 2.45) is 5.73 Å². The SMILES string of the molecule is NC(=O)[C@H](Cc1ccc(C2CC(=O)NS2(=O)=O)cc1)NC(=O)[C@H](Cc1ccccc1)NC(=O)Cc1ccccc1. The molecule has 1 aliphatic heterocycles. The molecule has 0 spiro atoms. The highest BCUT2D eigenvalue weighted by Crippen LogP contribution is 2.30. The average molecular weight is 563 g/mol. The van der Waals surface area contributed by atoms with E-state index in [9.17, 15) is 27.6 Å². The van der Waals surface area contributed by atoms with Crippen molar-refractivity contribution in [2.75, 3.05) is 0 Å². The summed E-state index contributed by atoms with van der Waals surface area (Å²) in [4.78, 5) is 49.9. The predicted octanol–water partition coefficient (Wildman–Crippen LogP) is 1.06. The summed E-state index contributed by atoms with van der Waals surface area (Å²) in [5.41, 5.74) is 8.28. The predicted molar refractivity (Wildman–Crippen MR) is 148 cm³/mol. The lowest BCUT2D eigenvalue weighted by atomic mass is 10.0. The molecule has 208 valence electrons. The van der Waals surface area contributed by atoms with Crippen LogP contribution in [0.15, 0.2) is 84.9 Å². The number of amides is 4. The molecule has 40 heavy (non-hydrogen) atoms. The summed E-state index contributed by atoms with van der Waals surface area (Å²) >= 11 is 0. The Labute approximate surface area is 232 Å². The number of benzene rings is 3. The van der Waals surface area contributed by atoms with Crippen molar-refractivity contribution in [3.8, 4) is 0 Å². The lowest BCUT2D eigenvalue weighted by Gasteiger charge is -2.22. The van der Waals surface area contributed by atoms with Crippen molar-refractivity contribution in [3.05, 3.63) is 107 Å². The van der Waals surface area contributed by atoms with Gasteiger partial charge >= 0.3 is 0 Å². The number of carbonyl (C=O) groups excluding carboxylic acids is 4. The van der Waals surface area contributed by atoms with E-state index in [-0.39, 0.29) is 31.6 Å². The third-order valence-corrected chi connectivity index (χ3v) is 8.29. The van der Waals surface area contributed by atoms with Crippen LogP contribution < -0.4 is 21.1 Å². The van der Waals surface area contributed by atoms with Crippen LogP contribution in [0.1, 0.15) is 33.9 Å². The summed E-state index contributed by atoms with van der Waals surface area (Å²) in [6.45, 7) is 0. The van der Waals surface area contributed by atoms with Crippen molar-refractivity contribution in [3.63, 3.8) is 0 Å². The van der Waals surface area contributed by atoms with Crippen LogP contribution >= 0.6 is 0 Å². The highest BCUT2D eigenvalue weighted by Gasteiger charge is 2.37. The van der Waals surface area contributed by atoms with Crippen molar-refractivity contribution in [2.45, 2.75) is 43.0 Å². The minimum absolute atomic E-state index is 0.0476. The Balaban J connectivity index is 1.45. The van der Waals surface area contributed by atoms with Crippen LogP contribution in [0.5, 0.6) is 0 Å². The number of rotatable bonds is 11. The summed E-state index contributed by atoms with van der Waals surface area (Å²) in [5, 5.41) is 4.46. The summed E-state index contributed by atoms with van der Waals surface area (Å²) in [6, 6.07) is 22.6. The number of nitrogens with two attached hydrogens (primary N) is 1. The van der Waals surface area contributed by atoms with E-state index in [2.05, 4.69) is 10.6 Å². The fourth-order valence-electron chi connectivity index (χ4n) is 4.53. The zero-order chi connectivity index (χ0) is 28.7. The van der Waals surface area contributed by atoms with Crippen molar-refractivity contribution in [1.29, 1.82) is 0 Å². The van der Waals surface area contributed by atoms with Gasteiger partial charge in [0.05, 0.1) is 12.8 Å². The number of hydrogen-bond acceptors (Lipinski definition) is 6. The van der Waals surface area contributed by atoms with E-state index >= 15 is 0 Å². The molecule has 1 heterocycles. The molecule has 0 bridgehead atoms. The van der Waals surface area contributed by atoms with E-state index in [4.69, 9.17) is 5.73 Å². The Morgan fingerprint density at radius 3 is 1.90 bits per heavy atom. The normalized spacial score (nSPS) is 17.3. The molecule has 3 aromatic rings. The average Bonchev–Trinajstić information content (AvgIpc) is 3.20. The van der Waals surface area contributed by atoms with Crippen LogP contribution in [0.25, 0.3) is 0 Å². The maximum absolute atomic E-state index is 13.3. The van der Waals surface area contributed by atoms with E-state index in [0.29, 0.717) is 11.1 Å². The van der Waals surface area contributed by atoms with Gasteiger partial charge in [0.1, 0.15) is 17.3 Å². The largest absolute Gasteiger partial charge is 0.368 e. The zero-order valence-corrected chi connectivity index (χ0v) is 22.4. The quantitative estimate of drug-likeness (QED) is 0.273. The van der Waals surface area contributed by atoms with Crippen LogP contribution in [-0.2, 0) is 48.5 Å². The maximum atomic E-state index is 13.3. The second kappa shape index (κ2) is 12.6. The van der Waals surface area contributed by atoms with Crippen LogP contribution in [0.4, 0.5) is 0 Å². The molecular weight excluding hydrogens is 532 g/mol. The first-order valence-electron chi connectivity index (χ1n) is 12.7. The lowest BCUT2D eigenvalue weighted by molar-refractivity contribution is -0.131. The second-order valence-electron chi connectivity index (χ2n) is 9.64. The molecule has 0 aliphatic carbocycles. The maximum Gasteiger partial charge on any atom is 0.243 e. The van der Waals surface area contributed by atoms with Gasteiger partial charge in [-0.1, -0.05) is 84.9 Å². The highest BCUT2D eigenvalue weighted by molar-refractivity contribution is 7.90. The Kier molecular flexibility index (Phi) is 8.95. The van der Waals surface area contributed by atoms with Gasteiger partial charge in [-0.25, -0.2) is 8.42 Å². The van der Waals surface area contributed by atoms with E-state index in [1.165, 1.54) is 0 Å². The molecule has 0 radical (unpaired) electrons. The van der Waals surface area contributed by atoms with Gasteiger partial charge in [-0.3, -0.25) is 23.9 Å². The van der Waals surface area contributed by atoms with Gasteiger partial charge in [0, 0.05) is 12.8 Å². The minimum atomic E-state index is -3.79. The molecule has 3 atom stereocenters. The van der Waals surface area contributed by atoms with Crippen LogP contribution in [-0.4, -0.2) is 44.1 Å². The van der Waals surface area contributed by atoms with E-state index in [0.717, 1.165) is 11.1 Å². The first kappa shape index (κ1) is 28.5. The molecule has 11 heteroatoms. The molecule has 10 nitrogen and oxygen atoms in total. The summed E-state index contributed by atoms with van der Waals surface area (Å²) < 4.78 is 26.3. The number of primary amides is 1. The Morgan fingerprint density at radius 2 is 1.35 bits per heavy atom. The molecular formula is C29H30N4O6S. The molecule has 0 aromatic heterocycles. The summed E-state index contributed by atoms with van der Waals surface area (Å²) in [6.07, 6.45) is 0.172. The van der Waals surface area contributed by atoms with Gasteiger partial charge in [0.25, 0.3) is 0 Å². The first-order valence-corrected chi connectivity index (χ1v) is 14.3. The van der Waals surface area contributed by atoms with Crippen LogP contribution in [0, 0.1) is 0 Å². The van der Waals surface area contributed by atoms with Crippen LogP contribution in [0.2, 0.25) is 0 Å². The standard InChI is InChI=1S/C29H30N4O6S/c30-28(36)23(15-21-11-13-22(14-12-21)25-18-27(35)33-40(25,38)39)32-29(37)24(16-19-7-3-1-4-8-19)31-26(34)17-20-9-5-2-6-10-20/h1-14,23-25H,15-18H2,(H2,30,36)(H,31,34)(H,32,37)(H,33,35)/t23-,24-,25?/m0/s1. The number of carbonyl (C=O) groups is 4. The molecule has 1 aliphatic rings. The van der Waals surface area contributed by atoms with Gasteiger partial charge in [0.15, 0.2) is 0 Å². The molecule has 3 aromatic carbocycles. The van der Waals surface area contributed by atoms with E-state index in [1.54, 1.807) is 24.3 Å².